The van der Waals surface area contributed by atoms with Crippen molar-refractivity contribution in [1.82, 2.24) is 9.55 Å². The van der Waals surface area contributed by atoms with Crippen molar-refractivity contribution >= 4 is 68.1 Å². The summed E-state index contributed by atoms with van der Waals surface area (Å²) in [5, 5.41) is 4.88. The highest BCUT2D eigenvalue weighted by Gasteiger charge is 2.28. The molecule has 0 saturated carbocycles. The third-order valence-corrected chi connectivity index (χ3v) is 9.16. The normalized spacial score (nSPS) is 15.1. The maximum absolute atomic E-state index is 13.9. The van der Waals surface area contributed by atoms with Gasteiger partial charge in [-0.2, -0.15) is 0 Å². The monoisotopic (exact) mass is 587 g/mol. The lowest BCUT2D eigenvalue weighted by Crippen LogP contribution is -2.29. The quantitative estimate of drug-likeness (QED) is 0.180. The molecule has 1 aliphatic heterocycles. The van der Waals surface area contributed by atoms with Gasteiger partial charge in [-0.05, 0) is 41.7 Å². The molecule has 0 saturated heterocycles. The van der Waals surface area contributed by atoms with E-state index >= 15 is 0 Å². The van der Waals surface area contributed by atoms with Gasteiger partial charge in [0, 0.05) is 22.9 Å². The number of ether oxygens (including phenoxy) is 1. The number of anilines is 1. The Morgan fingerprint density at radius 1 is 1.24 bits per heavy atom. The molecule has 2 aromatic carbocycles. The summed E-state index contributed by atoms with van der Waals surface area (Å²) in [5.74, 6) is 0.182. The summed E-state index contributed by atoms with van der Waals surface area (Å²) >= 11 is 14.9. The molecule has 0 spiro atoms. The molecule has 0 fully saturated rings. The number of hydrogen-bond donors (Lipinski definition) is 1. The summed E-state index contributed by atoms with van der Waals surface area (Å²) in [6.07, 6.45) is 1.47. The highest BCUT2D eigenvalue weighted by Crippen LogP contribution is 2.36. The first kappa shape index (κ1) is 27.2. The van der Waals surface area contributed by atoms with Crippen LogP contribution in [-0.2, 0) is 35.5 Å². The average Bonchev–Trinajstić information content (AvgIpc) is 3.27. The predicted octanol–water partition coefficient (Wildman–Crippen LogP) is 6.84. The van der Waals surface area contributed by atoms with Crippen LogP contribution in [0.2, 0.25) is 10.0 Å². The maximum Gasteiger partial charge on any atom is 0.263 e. The average molecular weight is 589 g/mol. The minimum Gasteiger partial charge on any atom is -0.372 e. The number of aromatic nitrogens is 2. The van der Waals surface area contributed by atoms with Crippen molar-refractivity contribution < 1.29 is 9.53 Å². The van der Waals surface area contributed by atoms with Crippen LogP contribution in [-0.4, -0.2) is 27.3 Å². The zero-order valence-corrected chi connectivity index (χ0v) is 24.1. The molecule has 0 radical (unpaired) electrons. The molecule has 6 nitrogen and oxygen atoms in total. The van der Waals surface area contributed by atoms with E-state index in [9.17, 15) is 9.59 Å². The Kier molecular flexibility index (Phi) is 8.45. The van der Waals surface area contributed by atoms with E-state index in [-0.39, 0.29) is 23.3 Å². The Hall–Kier alpha value is -2.36. The number of carbonyl (C=O) groups is 1. The van der Waals surface area contributed by atoms with Crippen molar-refractivity contribution in [2.75, 3.05) is 11.1 Å². The van der Waals surface area contributed by atoms with Crippen molar-refractivity contribution in [3.8, 4) is 0 Å². The van der Waals surface area contributed by atoms with Crippen LogP contribution < -0.4 is 10.9 Å². The molecule has 3 heterocycles. The van der Waals surface area contributed by atoms with Crippen LogP contribution in [0, 0.1) is 5.92 Å². The van der Waals surface area contributed by atoms with Crippen LogP contribution in [0.3, 0.4) is 0 Å². The first-order chi connectivity index (χ1) is 18.3. The van der Waals surface area contributed by atoms with Crippen LogP contribution in [0.25, 0.3) is 10.2 Å². The Bertz CT molecular complexity index is 1540. The van der Waals surface area contributed by atoms with Gasteiger partial charge in [-0.3, -0.25) is 14.2 Å². The molecule has 0 unspecified atom stereocenters. The van der Waals surface area contributed by atoms with Crippen molar-refractivity contribution in [1.29, 1.82) is 0 Å². The van der Waals surface area contributed by atoms with Crippen LogP contribution in [0.1, 0.15) is 29.9 Å². The molecule has 1 atom stereocenters. The fourth-order valence-electron chi connectivity index (χ4n) is 4.47. The first-order valence-electron chi connectivity index (χ1n) is 12.4. The lowest BCUT2D eigenvalue weighted by molar-refractivity contribution is -0.113. The zero-order valence-electron chi connectivity index (χ0n) is 21.0. The van der Waals surface area contributed by atoms with Crippen molar-refractivity contribution in [3.05, 3.63) is 84.9 Å². The van der Waals surface area contributed by atoms with Gasteiger partial charge in [-0.25, -0.2) is 4.98 Å². The molecule has 0 bridgehead atoms. The Morgan fingerprint density at radius 3 is 2.76 bits per heavy atom. The Labute approximate surface area is 239 Å². The summed E-state index contributed by atoms with van der Waals surface area (Å²) in [4.78, 5) is 33.4. The summed E-state index contributed by atoms with van der Waals surface area (Å²) in [6.45, 7) is 5.23. The second kappa shape index (κ2) is 11.8. The van der Waals surface area contributed by atoms with Gasteiger partial charge >= 0.3 is 0 Å². The summed E-state index contributed by atoms with van der Waals surface area (Å²) in [7, 11) is 0. The number of carbonyl (C=O) groups excluding carboxylic acids is 1. The molecule has 1 aliphatic rings. The van der Waals surface area contributed by atoms with Crippen molar-refractivity contribution in [2.45, 2.75) is 51.1 Å². The number of halogens is 2. The Morgan fingerprint density at radius 2 is 2.03 bits per heavy atom. The van der Waals surface area contributed by atoms with Gasteiger partial charge in [-0.1, -0.05) is 79.1 Å². The fraction of sp³-hybridized carbons (Fsp3) is 0.321. The van der Waals surface area contributed by atoms with E-state index in [0.717, 1.165) is 16.0 Å². The maximum atomic E-state index is 13.9. The molecule has 2 aromatic heterocycles. The molecular weight excluding hydrogens is 561 g/mol. The molecule has 0 aliphatic carbocycles. The first-order valence-corrected chi connectivity index (χ1v) is 14.9. The van der Waals surface area contributed by atoms with Gasteiger partial charge < -0.3 is 10.1 Å². The Balaban J connectivity index is 1.45. The number of nitrogens with one attached hydrogen (secondary N) is 1. The minimum atomic E-state index is -0.248. The van der Waals surface area contributed by atoms with E-state index in [1.807, 2.05) is 30.3 Å². The lowest BCUT2D eigenvalue weighted by atomic mass is 9.96. The number of thiophene rings is 1. The third kappa shape index (κ3) is 5.95. The van der Waals surface area contributed by atoms with E-state index in [0.29, 0.717) is 63.0 Å². The van der Waals surface area contributed by atoms with Gasteiger partial charge in [0.1, 0.15) is 4.83 Å². The zero-order chi connectivity index (χ0) is 26.8. The lowest BCUT2D eigenvalue weighted by Gasteiger charge is -2.26. The van der Waals surface area contributed by atoms with E-state index in [2.05, 4.69) is 19.2 Å². The number of thioether (sulfide) groups is 1. The molecular formula is C28H27Cl2N3O3S2. The molecule has 4 aromatic rings. The number of nitrogens with zero attached hydrogens (tertiary/aromatic N) is 2. The van der Waals surface area contributed by atoms with Crippen LogP contribution in [0.5, 0.6) is 0 Å². The number of benzene rings is 2. The number of hydrogen-bond acceptors (Lipinski definition) is 6. The van der Waals surface area contributed by atoms with E-state index in [4.69, 9.17) is 32.9 Å². The number of amides is 1. The highest BCUT2D eigenvalue weighted by molar-refractivity contribution is 7.99. The van der Waals surface area contributed by atoms with Gasteiger partial charge in [0.2, 0.25) is 5.91 Å². The fourth-order valence-corrected chi connectivity index (χ4v) is 6.92. The van der Waals surface area contributed by atoms with Crippen LogP contribution in [0.15, 0.2) is 58.5 Å². The summed E-state index contributed by atoms with van der Waals surface area (Å²) in [5.41, 5.74) is 2.62. The van der Waals surface area contributed by atoms with Crippen molar-refractivity contribution in [2.24, 2.45) is 5.92 Å². The molecule has 5 rings (SSSR count). The van der Waals surface area contributed by atoms with E-state index in [1.165, 1.54) is 23.1 Å². The molecule has 10 heteroatoms. The summed E-state index contributed by atoms with van der Waals surface area (Å²) < 4.78 is 7.77. The number of rotatable bonds is 8. The molecule has 1 amide bonds. The highest BCUT2D eigenvalue weighted by atomic mass is 35.5. The minimum absolute atomic E-state index is 0.0588. The van der Waals surface area contributed by atoms with Gasteiger partial charge in [0.05, 0.1) is 34.6 Å². The van der Waals surface area contributed by atoms with Gasteiger partial charge in [-0.15, -0.1) is 11.3 Å². The largest absolute Gasteiger partial charge is 0.372 e. The SMILES string of the molecule is CC(C)[C@H]1Cc2c(sc3nc(SCC(=O)Nc4ccc(Cl)cc4Cl)n(CCc4ccccc4)c(=O)c23)CO1. The second-order valence-electron chi connectivity index (χ2n) is 9.53. The molecule has 1 N–H and O–H groups in total. The van der Waals surface area contributed by atoms with Crippen LogP contribution >= 0.6 is 46.3 Å². The third-order valence-electron chi connectivity index (χ3n) is 6.54. The topological polar surface area (TPSA) is 73.2 Å². The van der Waals surface area contributed by atoms with Gasteiger partial charge in [0.15, 0.2) is 5.16 Å². The standard InChI is InChI=1S/C28H27Cl2N3O3S2/c1-16(2)22-13-19-23(14-36-22)38-26-25(19)27(35)33(11-10-17-6-4-3-5-7-17)28(32-26)37-15-24(34)31-21-9-8-18(29)12-20(21)30/h3-9,12,16,22H,10-11,13-15H2,1-2H3,(H,31,34)/t22-/m1/s1. The second-order valence-corrected chi connectivity index (χ2v) is 12.4. The van der Waals surface area contributed by atoms with Crippen LogP contribution in [0.4, 0.5) is 5.69 Å². The molecule has 38 heavy (non-hydrogen) atoms. The van der Waals surface area contributed by atoms with E-state index < -0.39 is 0 Å². The van der Waals surface area contributed by atoms with Gasteiger partial charge in [0.25, 0.3) is 5.56 Å². The molecule has 198 valence electrons. The van der Waals surface area contributed by atoms with E-state index in [1.54, 1.807) is 22.8 Å². The smallest absolute Gasteiger partial charge is 0.263 e. The number of fused-ring (bicyclic) bond motifs is 3. The predicted molar refractivity (Wildman–Crippen MR) is 157 cm³/mol. The van der Waals surface area contributed by atoms with Crippen molar-refractivity contribution in [3.63, 3.8) is 0 Å². The summed E-state index contributed by atoms with van der Waals surface area (Å²) in [6, 6.07) is 14.9. The number of aryl methyl sites for hydroxylation is 1.